The molecule has 0 spiro atoms. The van der Waals surface area contributed by atoms with E-state index >= 15 is 0 Å². The van der Waals surface area contributed by atoms with Crippen LogP contribution in [-0.2, 0) is 11.3 Å². The molecule has 0 aliphatic rings. The van der Waals surface area contributed by atoms with Crippen molar-refractivity contribution < 1.29 is 36.4 Å². The van der Waals surface area contributed by atoms with Crippen molar-refractivity contribution in [2.45, 2.75) is 26.3 Å². The molecule has 0 aliphatic carbocycles. The minimum absolute atomic E-state index is 0.0999. The number of benzene rings is 1. The summed E-state index contributed by atoms with van der Waals surface area (Å²) in [7, 11) is 0. The topological polar surface area (TPSA) is 99.3 Å². The van der Waals surface area contributed by atoms with Crippen LogP contribution in [0.15, 0.2) is 24.3 Å². The van der Waals surface area contributed by atoms with E-state index in [1.54, 1.807) is 0 Å². The number of rotatable bonds is 6. The number of hydrogen-bond acceptors (Lipinski definition) is 5. The van der Waals surface area contributed by atoms with E-state index in [-0.39, 0.29) is 11.4 Å². The maximum absolute atomic E-state index is 12.8. The van der Waals surface area contributed by atoms with Crippen molar-refractivity contribution in [2.75, 3.05) is 5.32 Å². The average molecular weight is 394 g/mol. The Morgan fingerprint density at radius 3 is 2.37 bits per heavy atom. The lowest BCUT2D eigenvalue weighted by atomic mass is 10.3. The number of nitrogens with one attached hydrogen (secondary N) is 1. The maximum atomic E-state index is 12.8. The van der Waals surface area contributed by atoms with Gasteiger partial charge in [0.05, 0.1) is 4.92 Å². The molecular weight excluding hydrogens is 383 g/mol. The Bertz CT molecular complexity index is 848. The van der Waals surface area contributed by atoms with Gasteiger partial charge in [-0.2, -0.15) is 5.10 Å². The van der Waals surface area contributed by atoms with E-state index in [2.05, 4.69) is 15.2 Å². The number of halogens is 5. The number of anilines is 1. The second kappa shape index (κ2) is 7.55. The molecule has 8 nitrogen and oxygen atoms in total. The fourth-order valence-electron chi connectivity index (χ4n) is 2.16. The van der Waals surface area contributed by atoms with Crippen molar-refractivity contribution in [2.24, 2.45) is 0 Å². The van der Waals surface area contributed by atoms with Gasteiger partial charge in [0.15, 0.2) is 0 Å². The van der Waals surface area contributed by atoms with Gasteiger partial charge >= 0.3 is 12.0 Å². The summed E-state index contributed by atoms with van der Waals surface area (Å²) in [4.78, 5) is 21.8. The first-order valence-electron chi connectivity index (χ1n) is 7.13. The number of aromatic nitrogens is 2. The number of carbonyl (C=O) groups excluding carboxylic acids is 1. The molecule has 1 aromatic carbocycles. The molecule has 0 fully saturated rings. The molecule has 0 saturated heterocycles. The van der Waals surface area contributed by atoms with Gasteiger partial charge in [-0.25, -0.2) is 8.78 Å². The van der Waals surface area contributed by atoms with Gasteiger partial charge < -0.3 is 10.1 Å². The Kier molecular flexibility index (Phi) is 5.61. The molecule has 2 rings (SSSR count). The number of hydrogen-bond donors (Lipinski definition) is 1. The standard InChI is InChI=1S/C14H11F5N4O4/c1-7-12(23(25)26)11(13(15)16)21-22(7)6-10(24)20-8-2-4-9(5-3-8)27-14(17,18)19/h2-5,13H,6H2,1H3,(H,20,24). The highest BCUT2D eigenvalue weighted by atomic mass is 19.4. The first-order chi connectivity index (χ1) is 12.5. The molecule has 0 saturated carbocycles. The van der Waals surface area contributed by atoms with E-state index in [9.17, 15) is 36.9 Å². The zero-order valence-corrected chi connectivity index (χ0v) is 13.5. The van der Waals surface area contributed by atoms with Crippen LogP contribution < -0.4 is 10.1 Å². The van der Waals surface area contributed by atoms with Gasteiger partial charge in [0.25, 0.3) is 6.43 Å². The molecular formula is C14H11F5N4O4. The summed E-state index contributed by atoms with van der Waals surface area (Å²) in [5.41, 5.74) is -2.08. The van der Waals surface area contributed by atoms with Gasteiger partial charge in [0.1, 0.15) is 18.0 Å². The highest BCUT2D eigenvalue weighted by Crippen LogP contribution is 2.30. The summed E-state index contributed by atoms with van der Waals surface area (Å²) in [6.45, 7) is 0.549. The number of nitrogens with zero attached hydrogens (tertiary/aromatic N) is 3. The Balaban J connectivity index is 2.10. The van der Waals surface area contributed by atoms with Crippen molar-refractivity contribution in [3.8, 4) is 5.75 Å². The largest absolute Gasteiger partial charge is 0.573 e. The van der Waals surface area contributed by atoms with Gasteiger partial charge in [-0.1, -0.05) is 0 Å². The van der Waals surface area contributed by atoms with Crippen LogP contribution in [0.1, 0.15) is 17.8 Å². The normalized spacial score (nSPS) is 11.5. The van der Waals surface area contributed by atoms with Crippen LogP contribution in [-0.4, -0.2) is 27.0 Å². The van der Waals surface area contributed by atoms with Crippen LogP contribution in [0.2, 0.25) is 0 Å². The highest BCUT2D eigenvalue weighted by Gasteiger charge is 2.32. The average Bonchev–Trinajstić information content (AvgIpc) is 2.85. The minimum Gasteiger partial charge on any atom is -0.406 e. The van der Waals surface area contributed by atoms with Gasteiger partial charge in [0.2, 0.25) is 11.6 Å². The second-order valence-corrected chi connectivity index (χ2v) is 5.16. The molecule has 0 atom stereocenters. The summed E-state index contributed by atoms with van der Waals surface area (Å²) in [5.74, 6) is -1.28. The van der Waals surface area contributed by atoms with E-state index in [1.165, 1.54) is 0 Å². The maximum Gasteiger partial charge on any atom is 0.573 e. The monoisotopic (exact) mass is 394 g/mol. The predicted molar refractivity (Wildman–Crippen MR) is 80.3 cm³/mol. The fourth-order valence-corrected chi connectivity index (χ4v) is 2.16. The number of alkyl halides is 5. The van der Waals surface area contributed by atoms with E-state index in [4.69, 9.17) is 0 Å². The van der Waals surface area contributed by atoms with Gasteiger partial charge in [-0.3, -0.25) is 19.6 Å². The summed E-state index contributed by atoms with van der Waals surface area (Å²) < 4.78 is 66.3. The van der Waals surface area contributed by atoms with Crippen molar-refractivity contribution >= 4 is 17.3 Å². The SMILES string of the molecule is Cc1c([N+](=O)[O-])c(C(F)F)nn1CC(=O)Nc1ccc(OC(F)(F)F)cc1. The van der Waals surface area contributed by atoms with Crippen LogP contribution in [0, 0.1) is 17.0 Å². The molecule has 1 N–H and O–H groups in total. The molecule has 13 heteroatoms. The molecule has 0 unspecified atom stereocenters. The lowest BCUT2D eigenvalue weighted by Crippen LogP contribution is -2.20. The van der Waals surface area contributed by atoms with Crippen LogP contribution in [0.5, 0.6) is 5.75 Å². The molecule has 0 radical (unpaired) electrons. The Hall–Kier alpha value is -3.25. The van der Waals surface area contributed by atoms with Crippen molar-refractivity contribution in [1.29, 1.82) is 0 Å². The zero-order chi connectivity index (χ0) is 20.4. The van der Waals surface area contributed by atoms with Crippen LogP contribution in [0.3, 0.4) is 0 Å². The number of carbonyl (C=O) groups is 1. The summed E-state index contributed by atoms with van der Waals surface area (Å²) in [6.07, 6.45) is -8.06. The van der Waals surface area contributed by atoms with Crippen LogP contribution in [0.25, 0.3) is 0 Å². The first kappa shape index (κ1) is 20.1. The van der Waals surface area contributed by atoms with E-state index in [1.807, 2.05) is 0 Å². The quantitative estimate of drug-likeness (QED) is 0.459. The Morgan fingerprint density at radius 1 is 1.33 bits per heavy atom. The molecule has 1 amide bonds. The highest BCUT2D eigenvalue weighted by molar-refractivity contribution is 5.90. The molecule has 2 aromatic rings. The predicted octanol–water partition coefficient (Wildman–Crippen LogP) is 3.57. The molecule has 1 aromatic heterocycles. The van der Waals surface area contributed by atoms with Gasteiger partial charge in [0, 0.05) is 5.69 Å². The number of nitro groups is 1. The number of ether oxygens (including phenoxy) is 1. The first-order valence-corrected chi connectivity index (χ1v) is 7.13. The zero-order valence-electron chi connectivity index (χ0n) is 13.5. The molecule has 0 aliphatic heterocycles. The smallest absolute Gasteiger partial charge is 0.406 e. The van der Waals surface area contributed by atoms with Crippen molar-refractivity contribution in [3.05, 3.63) is 45.8 Å². The minimum atomic E-state index is -4.86. The lowest BCUT2D eigenvalue weighted by molar-refractivity contribution is -0.386. The van der Waals surface area contributed by atoms with Crippen LogP contribution >= 0.6 is 0 Å². The third kappa shape index (κ3) is 5.12. The Labute approximate surface area is 147 Å². The van der Waals surface area contributed by atoms with Gasteiger partial charge in [-0.05, 0) is 31.2 Å². The van der Waals surface area contributed by atoms with E-state index in [0.717, 1.165) is 35.9 Å². The molecule has 1 heterocycles. The second-order valence-electron chi connectivity index (χ2n) is 5.16. The molecule has 146 valence electrons. The lowest BCUT2D eigenvalue weighted by Gasteiger charge is -2.10. The Morgan fingerprint density at radius 2 is 1.93 bits per heavy atom. The molecule has 27 heavy (non-hydrogen) atoms. The van der Waals surface area contributed by atoms with Crippen LogP contribution in [0.4, 0.5) is 33.3 Å². The third-order valence-corrected chi connectivity index (χ3v) is 3.26. The van der Waals surface area contributed by atoms with Crippen molar-refractivity contribution in [1.82, 2.24) is 9.78 Å². The van der Waals surface area contributed by atoms with E-state index in [0.29, 0.717) is 0 Å². The summed E-state index contributed by atoms with van der Waals surface area (Å²) in [6, 6.07) is 4.17. The number of amides is 1. The van der Waals surface area contributed by atoms with E-state index < -0.39 is 47.3 Å². The third-order valence-electron chi connectivity index (χ3n) is 3.26. The fraction of sp³-hybridized carbons (Fsp3) is 0.286. The van der Waals surface area contributed by atoms with Gasteiger partial charge in [-0.15, -0.1) is 13.2 Å². The summed E-state index contributed by atoms with van der Waals surface area (Å²) >= 11 is 0. The van der Waals surface area contributed by atoms with Crippen molar-refractivity contribution in [3.63, 3.8) is 0 Å². The summed E-state index contributed by atoms with van der Waals surface area (Å²) in [5, 5.41) is 16.6. The molecule has 0 bridgehead atoms.